The zero-order valence-corrected chi connectivity index (χ0v) is 20.7. The fourth-order valence-corrected chi connectivity index (χ4v) is 3.21. The average molecular weight is 458 g/mol. The summed E-state index contributed by atoms with van der Waals surface area (Å²) in [5.41, 5.74) is 0.970. The largest absolute Gasteiger partial charge is 0.494 e. The molecule has 1 aliphatic rings. The Morgan fingerprint density at radius 1 is 1.15 bits per heavy atom. The second-order valence-corrected chi connectivity index (χ2v) is 8.51. The Kier molecular flexibility index (Phi) is 13.0. The number of imide groups is 1. The molecule has 1 aromatic rings. The monoisotopic (exact) mass is 457 g/mol. The zero-order chi connectivity index (χ0) is 24.8. The van der Waals surface area contributed by atoms with Crippen LogP contribution in [0.3, 0.4) is 0 Å². The van der Waals surface area contributed by atoms with Crippen LogP contribution in [0.15, 0.2) is 30.4 Å². The quantitative estimate of drug-likeness (QED) is 0.199. The van der Waals surface area contributed by atoms with Crippen molar-refractivity contribution >= 4 is 23.4 Å². The van der Waals surface area contributed by atoms with Crippen LogP contribution in [0.4, 0.5) is 0 Å². The van der Waals surface area contributed by atoms with E-state index in [-0.39, 0.29) is 35.2 Å². The molecule has 6 heteroatoms. The smallest absolute Gasteiger partial charge is 0.229 e. The van der Waals surface area contributed by atoms with Crippen molar-refractivity contribution in [1.29, 1.82) is 0 Å². The molecule has 2 amide bonds. The molecule has 2 unspecified atom stereocenters. The van der Waals surface area contributed by atoms with Crippen molar-refractivity contribution in [3.63, 3.8) is 0 Å². The Bertz CT molecular complexity index is 843. The molecule has 33 heavy (non-hydrogen) atoms. The van der Waals surface area contributed by atoms with Crippen molar-refractivity contribution in [1.82, 2.24) is 5.32 Å². The van der Waals surface area contributed by atoms with E-state index in [1.54, 1.807) is 18.2 Å². The maximum absolute atomic E-state index is 12.4. The van der Waals surface area contributed by atoms with Crippen LogP contribution in [-0.2, 0) is 9.59 Å². The number of benzene rings is 1. The minimum Gasteiger partial charge on any atom is -0.494 e. The molecule has 0 spiro atoms. The van der Waals surface area contributed by atoms with Gasteiger partial charge in [-0.15, -0.1) is 0 Å². The van der Waals surface area contributed by atoms with Gasteiger partial charge >= 0.3 is 0 Å². The molecule has 182 valence electrons. The van der Waals surface area contributed by atoms with Crippen LogP contribution in [-0.4, -0.2) is 30.0 Å². The minimum atomic E-state index is -0.141. The van der Waals surface area contributed by atoms with E-state index in [0.29, 0.717) is 36.3 Å². The van der Waals surface area contributed by atoms with Crippen molar-refractivity contribution in [2.75, 3.05) is 6.61 Å². The number of nitrogens with one attached hydrogen (secondary N) is 1. The Morgan fingerprint density at radius 3 is 2.45 bits per heavy atom. The Balaban J connectivity index is 0.000000502. The van der Waals surface area contributed by atoms with E-state index in [1.165, 1.54) is 6.92 Å². The van der Waals surface area contributed by atoms with Gasteiger partial charge in [0.2, 0.25) is 11.8 Å². The van der Waals surface area contributed by atoms with Crippen LogP contribution >= 0.6 is 0 Å². The summed E-state index contributed by atoms with van der Waals surface area (Å²) in [5, 5.41) is 2.25. The van der Waals surface area contributed by atoms with Crippen LogP contribution < -0.4 is 10.1 Å². The summed E-state index contributed by atoms with van der Waals surface area (Å²) in [6.07, 6.45) is 10.5. The van der Waals surface area contributed by atoms with Gasteiger partial charge in [0.1, 0.15) is 5.75 Å². The van der Waals surface area contributed by atoms with Crippen molar-refractivity contribution in [3.8, 4) is 5.75 Å². The molecule has 0 radical (unpaired) electrons. The van der Waals surface area contributed by atoms with Gasteiger partial charge in [-0.25, -0.2) is 0 Å². The first-order valence-electron chi connectivity index (χ1n) is 12.0. The normalized spacial score (nSPS) is 16.6. The maximum Gasteiger partial charge on any atom is 0.229 e. The molecule has 1 heterocycles. The molecule has 1 aromatic carbocycles. The highest BCUT2D eigenvalue weighted by atomic mass is 16.5. The van der Waals surface area contributed by atoms with Gasteiger partial charge in [-0.3, -0.25) is 24.5 Å². The van der Waals surface area contributed by atoms with Gasteiger partial charge in [-0.05, 0) is 63.6 Å². The number of ketones is 2. The third-order valence-corrected chi connectivity index (χ3v) is 5.65. The topological polar surface area (TPSA) is 89.5 Å². The average Bonchev–Trinajstić information content (AvgIpc) is 2.80. The first kappa shape index (κ1) is 28.3. The maximum atomic E-state index is 12.4. The van der Waals surface area contributed by atoms with Gasteiger partial charge in [0, 0.05) is 29.4 Å². The van der Waals surface area contributed by atoms with Gasteiger partial charge in [0.05, 0.1) is 6.61 Å². The lowest BCUT2D eigenvalue weighted by atomic mass is 9.92. The molecular formula is C27H39NO5. The van der Waals surface area contributed by atoms with Gasteiger partial charge in [0.15, 0.2) is 11.6 Å². The molecule has 0 bridgehead atoms. The summed E-state index contributed by atoms with van der Waals surface area (Å²) >= 11 is 0. The highest BCUT2D eigenvalue weighted by molar-refractivity contribution is 6.09. The number of hydrogen-bond donors (Lipinski definition) is 1. The predicted octanol–water partition coefficient (Wildman–Crippen LogP) is 5.69. The van der Waals surface area contributed by atoms with Crippen molar-refractivity contribution in [3.05, 3.63) is 41.5 Å². The fraction of sp³-hybridized carbons (Fsp3) is 0.556. The fourth-order valence-electron chi connectivity index (χ4n) is 3.21. The number of carbonyl (C=O) groups is 4. The highest BCUT2D eigenvalue weighted by Gasteiger charge is 2.22. The number of unbranched alkanes of at least 4 members (excludes halogenated alkanes) is 2. The van der Waals surface area contributed by atoms with Crippen LogP contribution in [0.25, 0.3) is 0 Å². The Labute approximate surface area is 198 Å². The standard InChI is InChI=1S/C21H30O3.C6H9NO2/c1-5-7-8-9-10-11-14-24-18-12-13-19(20(15-18)17(4)22)21(23)16(3)6-2;1-4-2-3-5(8)7-6(4)9/h7-8,12-13,15-16H,5-6,9-11,14H2,1-4H3;4H,2-3H2,1H3,(H,7,8,9)/b8-7+;. The number of allylic oxidation sites excluding steroid dienone is 2. The van der Waals surface area contributed by atoms with Crippen LogP contribution in [0.2, 0.25) is 0 Å². The van der Waals surface area contributed by atoms with Crippen molar-refractivity contribution in [2.45, 2.75) is 79.6 Å². The molecule has 2 atom stereocenters. The van der Waals surface area contributed by atoms with E-state index >= 15 is 0 Å². The lowest BCUT2D eigenvalue weighted by Crippen LogP contribution is -2.39. The summed E-state index contributed by atoms with van der Waals surface area (Å²) in [4.78, 5) is 45.5. The van der Waals surface area contributed by atoms with E-state index in [9.17, 15) is 19.2 Å². The molecule has 1 N–H and O–H groups in total. The van der Waals surface area contributed by atoms with E-state index in [1.807, 2.05) is 20.8 Å². The number of rotatable bonds is 11. The van der Waals surface area contributed by atoms with Gasteiger partial charge < -0.3 is 4.74 Å². The minimum absolute atomic E-state index is 0.0164. The number of ether oxygens (including phenoxy) is 1. The zero-order valence-electron chi connectivity index (χ0n) is 20.7. The highest BCUT2D eigenvalue weighted by Crippen LogP contribution is 2.22. The summed E-state index contributed by atoms with van der Waals surface area (Å²) in [5.74, 6) is 0.247. The molecule has 2 rings (SSSR count). The van der Waals surface area contributed by atoms with Crippen LogP contribution in [0, 0.1) is 11.8 Å². The third kappa shape index (κ3) is 10.1. The summed E-state index contributed by atoms with van der Waals surface area (Å²) in [7, 11) is 0. The summed E-state index contributed by atoms with van der Waals surface area (Å²) < 4.78 is 5.74. The van der Waals surface area contributed by atoms with E-state index in [2.05, 4.69) is 24.4 Å². The molecule has 1 fully saturated rings. The predicted molar refractivity (Wildman–Crippen MR) is 131 cm³/mol. The molecule has 6 nitrogen and oxygen atoms in total. The van der Waals surface area contributed by atoms with Gasteiger partial charge in [-0.2, -0.15) is 0 Å². The molecule has 0 aromatic heterocycles. The number of Topliss-reactive ketones (excluding diaryl/α,β-unsaturated/α-hetero) is 2. The van der Waals surface area contributed by atoms with Crippen LogP contribution in [0.5, 0.6) is 5.75 Å². The summed E-state index contributed by atoms with van der Waals surface area (Å²) in [6.45, 7) is 9.93. The second kappa shape index (κ2) is 15.1. The second-order valence-electron chi connectivity index (χ2n) is 8.51. The first-order chi connectivity index (χ1) is 15.7. The van der Waals surface area contributed by atoms with E-state index in [4.69, 9.17) is 4.74 Å². The molecule has 1 saturated heterocycles. The van der Waals surface area contributed by atoms with Gasteiger partial charge in [-0.1, -0.05) is 39.8 Å². The number of hydrogen-bond acceptors (Lipinski definition) is 5. The van der Waals surface area contributed by atoms with Crippen LogP contribution in [0.1, 0.15) is 100 Å². The Hall–Kier alpha value is -2.76. The SMILES string of the molecule is CC/C=C/CCCCOc1ccc(C(=O)C(C)CC)c(C(C)=O)c1.CC1CCC(=O)NC1=O. The van der Waals surface area contributed by atoms with Gasteiger partial charge in [0.25, 0.3) is 0 Å². The van der Waals surface area contributed by atoms with E-state index < -0.39 is 0 Å². The molecule has 0 saturated carbocycles. The molecule has 1 aliphatic heterocycles. The molecule has 0 aliphatic carbocycles. The number of piperidine rings is 1. The number of carbonyl (C=O) groups excluding carboxylic acids is 4. The van der Waals surface area contributed by atoms with E-state index in [0.717, 1.165) is 32.1 Å². The lowest BCUT2D eigenvalue weighted by molar-refractivity contribution is -0.135. The van der Waals surface area contributed by atoms with Crippen molar-refractivity contribution in [2.24, 2.45) is 11.8 Å². The molecular weight excluding hydrogens is 418 g/mol. The lowest BCUT2D eigenvalue weighted by Gasteiger charge is -2.15. The number of amides is 2. The first-order valence-corrected chi connectivity index (χ1v) is 12.0. The third-order valence-electron chi connectivity index (χ3n) is 5.65. The Morgan fingerprint density at radius 2 is 1.88 bits per heavy atom. The van der Waals surface area contributed by atoms with Crippen molar-refractivity contribution < 1.29 is 23.9 Å². The summed E-state index contributed by atoms with van der Waals surface area (Å²) in [6, 6.07) is 5.22.